The molecule has 2 unspecified atom stereocenters. The lowest BCUT2D eigenvalue weighted by molar-refractivity contribution is -0.179. The summed E-state index contributed by atoms with van der Waals surface area (Å²) in [6.45, 7) is 5.42. The number of carboxylic acid groups (broad SMARTS) is 1. The summed E-state index contributed by atoms with van der Waals surface area (Å²) in [6.07, 6.45) is -1.09. The highest BCUT2D eigenvalue weighted by molar-refractivity contribution is 5.83. The molecule has 1 aromatic rings. The second-order valence-electron chi connectivity index (χ2n) is 6.22. The fourth-order valence-electron chi connectivity index (χ4n) is 2.73. The van der Waals surface area contributed by atoms with Crippen molar-refractivity contribution in [3.63, 3.8) is 0 Å². The molecule has 2 rings (SSSR count). The van der Waals surface area contributed by atoms with Gasteiger partial charge in [0.15, 0.2) is 6.10 Å². The minimum atomic E-state index is -1.09. The van der Waals surface area contributed by atoms with Crippen molar-refractivity contribution in [1.29, 1.82) is 0 Å². The van der Waals surface area contributed by atoms with Crippen molar-refractivity contribution in [2.75, 3.05) is 13.7 Å². The number of carbonyl (C=O) groups is 2. The fraction of sp³-hybridized carbons (Fsp3) is 0.500. The van der Waals surface area contributed by atoms with Gasteiger partial charge in [0.25, 0.3) is 0 Å². The summed E-state index contributed by atoms with van der Waals surface area (Å²) in [5.41, 5.74) is 0.190. The fourth-order valence-corrected chi connectivity index (χ4v) is 2.73. The van der Waals surface area contributed by atoms with E-state index in [-0.39, 0.29) is 12.5 Å². The largest absolute Gasteiger partial charge is 0.497 e. The zero-order valence-corrected chi connectivity index (χ0v) is 13.2. The van der Waals surface area contributed by atoms with Crippen LogP contribution >= 0.6 is 0 Å². The van der Waals surface area contributed by atoms with Gasteiger partial charge in [0.05, 0.1) is 13.2 Å². The molecule has 1 heterocycles. The number of amides is 1. The first-order valence-corrected chi connectivity index (χ1v) is 7.06. The van der Waals surface area contributed by atoms with Gasteiger partial charge in [-0.25, -0.2) is 4.79 Å². The van der Waals surface area contributed by atoms with E-state index in [2.05, 4.69) is 0 Å². The molecule has 0 spiro atoms. The van der Waals surface area contributed by atoms with Crippen LogP contribution in [0.1, 0.15) is 32.4 Å². The molecule has 120 valence electrons. The van der Waals surface area contributed by atoms with Gasteiger partial charge in [-0.1, -0.05) is 12.1 Å². The van der Waals surface area contributed by atoms with Crippen molar-refractivity contribution in [3.8, 4) is 5.75 Å². The van der Waals surface area contributed by atoms with Crippen molar-refractivity contribution < 1.29 is 24.2 Å². The molecule has 1 aliphatic heterocycles. The highest BCUT2D eigenvalue weighted by Gasteiger charge is 2.45. The molecule has 0 radical (unpaired) electrons. The predicted molar refractivity (Wildman–Crippen MR) is 79.7 cm³/mol. The maximum atomic E-state index is 12.3. The lowest BCUT2D eigenvalue weighted by Gasteiger charge is -2.46. The van der Waals surface area contributed by atoms with Gasteiger partial charge < -0.3 is 19.5 Å². The standard InChI is InChI=1S/C16H21NO5/c1-16(2,3)17-12(18)9-22-14(15(19)20)13(17)10-5-7-11(21-4)8-6-10/h5-8,13-14H,9H2,1-4H3,(H,19,20). The molecule has 0 aromatic heterocycles. The molecule has 2 atom stereocenters. The van der Waals surface area contributed by atoms with Crippen molar-refractivity contribution >= 4 is 11.9 Å². The van der Waals surface area contributed by atoms with Crippen LogP contribution in [0.2, 0.25) is 0 Å². The number of nitrogens with zero attached hydrogens (tertiary/aromatic N) is 1. The van der Waals surface area contributed by atoms with Crippen LogP contribution in [-0.2, 0) is 14.3 Å². The van der Waals surface area contributed by atoms with Crippen LogP contribution in [0, 0.1) is 0 Å². The molecule has 1 N–H and O–H groups in total. The highest BCUT2D eigenvalue weighted by Crippen LogP contribution is 2.36. The van der Waals surface area contributed by atoms with E-state index in [0.717, 1.165) is 0 Å². The zero-order chi connectivity index (χ0) is 16.5. The normalized spacial score (nSPS) is 22.5. The molecular weight excluding hydrogens is 286 g/mol. The van der Waals surface area contributed by atoms with E-state index in [4.69, 9.17) is 9.47 Å². The highest BCUT2D eigenvalue weighted by atomic mass is 16.5. The molecule has 1 saturated heterocycles. The van der Waals surface area contributed by atoms with Gasteiger partial charge in [0.1, 0.15) is 12.4 Å². The van der Waals surface area contributed by atoms with Gasteiger partial charge in [-0.05, 0) is 38.5 Å². The number of carbonyl (C=O) groups excluding carboxylic acids is 1. The predicted octanol–water partition coefficient (Wildman–Crippen LogP) is 1.85. The van der Waals surface area contributed by atoms with E-state index in [1.165, 1.54) is 0 Å². The number of ether oxygens (including phenoxy) is 2. The van der Waals surface area contributed by atoms with Gasteiger partial charge >= 0.3 is 5.97 Å². The van der Waals surface area contributed by atoms with Crippen LogP contribution in [0.5, 0.6) is 5.75 Å². The first-order chi connectivity index (χ1) is 10.3. The molecule has 1 aliphatic rings. The second-order valence-corrected chi connectivity index (χ2v) is 6.22. The van der Waals surface area contributed by atoms with Gasteiger partial charge in [0.2, 0.25) is 5.91 Å². The molecule has 22 heavy (non-hydrogen) atoms. The van der Waals surface area contributed by atoms with E-state index in [9.17, 15) is 14.7 Å². The van der Waals surface area contributed by atoms with Crippen molar-refractivity contribution in [2.45, 2.75) is 38.5 Å². The number of methoxy groups -OCH3 is 1. The third-order valence-corrected chi connectivity index (χ3v) is 3.64. The molecule has 0 saturated carbocycles. The molecule has 1 amide bonds. The summed E-state index contributed by atoms with van der Waals surface area (Å²) in [6, 6.07) is 6.34. The minimum absolute atomic E-state index is 0.217. The molecule has 6 heteroatoms. The maximum Gasteiger partial charge on any atom is 0.335 e. The molecule has 0 bridgehead atoms. The van der Waals surface area contributed by atoms with E-state index >= 15 is 0 Å². The Bertz CT molecular complexity index is 561. The Balaban J connectivity index is 2.49. The number of benzene rings is 1. The average Bonchev–Trinajstić information content (AvgIpc) is 2.45. The Labute approximate surface area is 129 Å². The monoisotopic (exact) mass is 307 g/mol. The third kappa shape index (κ3) is 3.06. The Kier molecular flexibility index (Phi) is 4.42. The maximum absolute atomic E-state index is 12.3. The Morgan fingerprint density at radius 2 is 1.91 bits per heavy atom. The molecule has 1 fully saturated rings. The number of hydrogen-bond donors (Lipinski definition) is 1. The first-order valence-electron chi connectivity index (χ1n) is 7.06. The van der Waals surface area contributed by atoms with Crippen LogP contribution in [0.3, 0.4) is 0 Å². The molecular formula is C16H21NO5. The Morgan fingerprint density at radius 3 is 2.36 bits per heavy atom. The Hall–Kier alpha value is -2.08. The van der Waals surface area contributed by atoms with Crippen LogP contribution < -0.4 is 4.74 Å². The SMILES string of the molecule is COc1ccc(C2C(C(=O)O)OCC(=O)N2C(C)(C)C)cc1. The van der Waals surface area contributed by atoms with Crippen LogP contribution in [0.25, 0.3) is 0 Å². The average molecular weight is 307 g/mol. The van der Waals surface area contributed by atoms with Crippen LogP contribution in [0.4, 0.5) is 0 Å². The summed E-state index contributed by atoms with van der Waals surface area (Å²) in [5, 5.41) is 9.45. The lowest BCUT2D eigenvalue weighted by Crippen LogP contribution is -2.58. The Morgan fingerprint density at radius 1 is 1.32 bits per heavy atom. The smallest absolute Gasteiger partial charge is 0.335 e. The number of carboxylic acids is 1. The van der Waals surface area contributed by atoms with Gasteiger partial charge in [-0.2, -0.15) is 0 Å². The van der Waals surface area contributed by atoms with E-state index in [1.807, 2.05) is 20.8 Å². The van der Waals surface area contributed by atoms with Crippen molar-refractivity contribution in [3.05, 3.63) is 29.8 Å². The summed E-state index contributed by atoms with van der Waals surface area (Å²) in [5.74, 6) is -0.630. The topological polar surface area (TPSA) is 76.1 Å². The quantitative estimate of drug-likeness (QED) is 0.922. The van der Waals surface area contributed by atoms with E-state index in [0.29, 0.717) is 11.3 Å². The van der Waals surface area contributed by atoms with Crippen molar-refractivity contribution in [2.24, 2.45) is 0 Å². The summed E-state index contributed by atoms with van der Waals surface area (Å²) >= 11 is 0. The summed E-state index contributed by atoms with van der Waals surface area (Å²) in [7, 11) is 1.56. The van der Waals surface area contributed by atoms with Gasteiger partial charge in [-0.15, -0.1) is 0 Å². The number of morpholine rings is 1. The number of hydrogen-bond acceptors (Lipinski definition) is 4. The van der Waals surface area contributed by atoms with E-state index < -0.39 is 23.7 Å². The molecule has 1 aromatic carbocycles. The van der Waals surface area contributed by atoms with Gasteiger partial charge in [0, 0.05) is 5.54 Å². The van der Waals surface area contributed by atoms with Crippen LogP contribution in [-0.4, -0.2) is 47.2 Å². The first kappa shape index (κ1) is 16.3. The van der Waals surface area contributed by atoms with E-state index in [1.54, 1.807) is 36.3 Å². The van der Waals surface area contributed by atoms with Crippen molar-refractivity contribution in [1.82, 2.24) is 4.90 Å². The minimum Gasteiger partial charge on any atom is -0.497 e. The lowest BCUT2D eigenvalue weighted by atomic mass is 9.92. The molecule has 0 aliphatic carbocycles. The molecule has 6 nitrogen and oxygen atoms in total. The van der Waals surface area contributed by atoms with Crippen LogP contribution in [0.15, 0.2) is 24.3 Å². The number of aliphatic carboxylic acids is 1. The summed E-state index contributed by atoms with van der Waals surface area (Å²) < 4.78 is 10.4. The third-order valence-electron chi connectivity index (χ3n) is 3.64. The number of rotatable bonds is 3. The second kappa shape index (κ2) is 5.96. The van der Waals surface area contributed by atoms with Gasteiger partial charge in [-0.3, -0.25) is 4.79 Å². The summed E-state index contributed by atoms with van der Waals surface area (Å²) in [4.78, 5) is 25.4. The zero-order valence-electron chi connectivity index (χ0n) is 13.2.